The van der Waals surface area contributed by atoms with Gasteiger partial charge in [0.1, 0.15) is 10.7 Å². The highest BCUT2D eigenvalue weighted by Crippen LogP contribution is 2.26. The summed E-state index contributed by atoms with van der Waals surface area (Å²) in [7, 11) is -3.80. The van der Waals surface area contributed by atoms with Gasteiger partial charge in [-0.1, -0.05) is 49.4 Å². The summed E-state index contributed by atoms with van der Waals surface area (Å²) in [4.78, 5) is 4.46. The Hall–Kier alpha value is -3.49. The Morgan fingerprint density at radius 2 is 1.76 bits per heavy atom. The highest BCUT2D eigenvalue weighted by Gasteiger charge is 2.21. The van der Waals surface area contributed by atoms with E-state index in [4.69, 9.17) is 0 Å². The molecule has 0 aliphatic carbocycles. The molecule has 1 atom stereocenters. The van der Waals surface area contributed by atoms with E-state index in [1.54, 1.807) is 18.3 Å². The number of benzene rings is 2. The van der Waals surface area contributed by atoms with Crippen LogP contribution in [0.2, 0.25) is 0 Å². The van der Waals surface area contributed by atoms with Crippen molar-refractivity contribution in [3.05, 3.63) is 102 Å². The topological polar surface area (TPSA) is 88.9 Å². The van der Waals surface area contributed by atoms with E-state index in [1.807, 2.05) is 79.2 Å². The zero-order valence-corrected chi connectivity index (χ0v) is 20.4. The van der Waals surface area contributed by atoms with Crippen LogP contribution in [0.5, 0.6) is 0 Å². The van der Waals surface area contributed by atoms with Gasteiger partial charge < -0.3 is 5.32 Å². The summed E-state index contributed by atoms with van der Waals surface area (Å²) in [5.41, 5.74) is 4.75. The highest BCUT2D eigenvalue weighted by atomic mass is 32.2. The minimum atomic E-state index is -3.80. The molecule has 0 spiro atoms. The SMILES string of the molecule is CCC(Nc1ncccc1S(=O)(=O)NCc1cccc(-n2nc(C)cc2C)c1)c1ccccc1. The largest absolute Gasteiger partial charge is 0.362 e. The van der Waals surface area contributed by atoms with Crippen LogP contribution in [0.4, 0.5) is 5.82 Å². The lowest BCUT2D eigenvalue weighted by molar-refractivity contribution is 0.580. The van der Waals surface area contributed by atoms with Crippen molar-refractivity contribution in [1.29, 1.82) is 0 Å². The molecule has 0 radical (unpaired) electrons. The molecule has 0 saturated carbocycles. The average molecular weight is 476 g/mol. The van der Waals surface area contributed by atoms with Gasteiger partial charge >= 0.3 is 0 Å². The standard InChI is InChI=1S/C26H29N5O2S/c1-4-24(22-11-6-5-7-12-22)29-26-25(14-9-15-27-26)34(32,33)28-18-21-10-8-13-23(17-21)31-20(3)16-19(2)30-31/h5-17,24,28H,4,18H2,1-3H3,(H,27,29). The zero-order valence-electron chi connectivity index (χ0n) is 19.6. The van der Waals surface area contributed by atoms with Gasteiger partial charge in [-0.3, -0.25) is 0 Å². The van der Waals surface area contributed by atoms with Crippen LogP contribution in [-0.4, -0.2) is 23.2 Å². The molecule has 0 amide bonds. The van der Waals surface area contributed by atoms with Gasteiger partial charge in [0.05, 0.1) is 17.4 Å². The summed E-state index contributed by atoms with van der Waals surface area (Å²) in [5, 5.41) is 7.83. The average Bonchev–Trinajstić information content (AvgIpc) is 3.20. The first-order chi connectivity index (χ1) is 16.4. The molecule has 0 aliphatic rings. The Balaban J connectivity index is 1.54. The number of hydrogen-bond acceptors (Lipinski definition) is 5. The van der Waals surface area contributed by atoms with Crippen LogP contribution in [0, 0.1) is 13.8 Å². The van der Waals surface area contributed by atoms with Crippen molar-refractivity contribution < 1.29 is 8.42 Å². The summed E-state index contributed by atoms with van der Waals surface area (Å²) in [6.07, 6.45) is 2.38. The van der Waals surface area contributed by atoms with Crippen LogP contribution >= 0.6 is 0 Å². The summed E-state index contributed by atoms with van der Waals surface area (Å²) >= 11 is 0. The molecule has 0 bridgehead atoms. The lowest BCUT2D eigenvalue weighted by Gasteiger charge is -2.20. The van der Waals surface area contributed by atoms with Gasteiger partial charge in [-0.25, -0.2) is 22.8 Å². The summed E-state index contributed by atoms with van der Waals surface area (Å²) in [5.74, 6) is 0.335. The Bertz CT molecular complexity index is 1370. The molecule has 8 heteroatoms. The first-order valence-corrected chi connectivity index (χ1v) is 12.7. The van der Waals surface area contributed by atoms with E-state index in [1.165, 1.54) is 0 Å². The molecule has 0 aliphatic heterocycles. The van der Waals surface area contributed by atoms with Crippen molar-refractivity contribution in [2.75, 3.05) is 5.32 Å². The second-order valence-corrected chi connectivity index (χ2v) is 9.93. The first kappa shape index (κ1) is 23.7. The number of aryl methyl sites for hydroxylation is 2. The molecule has 4 aromatic rings. The summed E-state index contributed by atoms with van der Waals surface area (Å²) in [6.45, 7) is 6.14. The van der Waals surface area contributed by atoms with E-state index in [-0.39, 0.29) is 17.5 Å². The Morgan fingerprint density at radius 1 is 0.971 bits per heavy atom. The Morgan fingerprint density at radius 3 is 2.47 bits per heavy atom. The fraction of sp³-hybridized carbons (Fsp3) is 0.231. The lowest BCUT2D eigenvalue weighted by Crippen LogP contribution is -2.25. The van der Waals surface area contributed by atoms with Crippen LogP contribution in [0.3, 0.4) is 0 Å². The van der Waals surface area contributed by atoms with Gasteiger partial charge in [0.15, 0.2) is 0 Å². The van der Waals surface area contributed by atoms with E-state index < -0.39 is 10.0 Å². The number of sulfonamides is 1. The Kier molecular flexibility index (Phi) is 7.09. The molecule has 2 heterocycles. The van der Waals surface area contributed by atoms with Crippen molar-refractivity contribution >= 4 is 15.8 Å². The highest BCUT2D eigenvalue weighted by molar-refractivity contribution is 7.89. The van der Waals surface area contributed by atoms with Crippen molar-refractivity contribution in [2.45, 2.75) is 44.7 Å². The minimum Gasteiger partial charge on any atom is -0.362 e. The van der Waals surface area contributed by atoms with Gasteiger partial charge in [0.25, 0.3) is 0 Å². The predicted octanol–water partition coefficient (Wildman–Crippen LogP) is 4.93. The third-order valence-corrected chi connectivity index (χ3v) is 7.05. The number of nitrogens with zero attached hydrogens (tertiary/aromatic N) is 3. The molecule has 2 aromatic carbocycles. The molecule has 7 nitrogen and oxygen atoms in total. The number of anilines is 1. The number of hydrogen-bond donors (Lipinski definition) is 2. The Labute approximate surface area is 200 Å². The molecule has 2 N–H and O–H groups in total. The molecule has 176 valence electrons. The summed E-state index contributed by atoms with van der Waals surface area (Å²) < 4.78 is 31.0. The molecular formula is C26H29N5O2S. The van der Waals surface area contributed by atoms with E-state index >= 15 is 0 Å². The monoisotopic (exact) mass is 475 g/mol. The van der Waals surface area contributed by atoms with Crippen molar-refractivity contribution in [3.63, 3.8) is 0 Å². The molecule has 0 saturated heterocycles. The third-order valence-electron chi connectivity index (χ3n) is 5.61. The van der Waals surface area contributed by atoms with Crippen molar-refractivity contribution in [3.8, 4) is 5.69 Å². The maximum Gasteiger partial charge on any atom is 0.244 e. The fourth-order valence-electron chi connectivity index (χ4n) is 3.93. The summed E-state index contributed by atoms with van der Waals surface area (Å²) in [6, 6.07) is 22.8. The molecule has 0 fully saturated rings. The first-order valence-electron chi connectivity index (χ1n) is 11.3. The number of pyridine rings is 1. The zero-order chi connectivity index (χ0) is 24.1. The van der Waals surface area contributed by atoms with Gasteiger partial charge in [-0.2, -0.15) is 5.10 Å². The second-order valence-electron chi connectivity index (χ2n) is 8.20. The normalized spacial score (nSPS) is 12.4. The van der Waals surface area contributed by atoms with Crippen LogP contribution in [-0.2, 0) is 16.6 Å². The maximum atomic E-state index is 13.2. The quantitative estimate of drug-likeness (QED) is 0.358. The van der Waals surface area contributed by atoms with E-state index in [0.717, 1.165) is 34.6 Å². The van der Waals surface area contributed by atoms with E-state index in [2.05, 4.69) is 27.0 Å². The van der Waals surface area contributed by atoms with Crippen LogP contribution < -0.4 is 10.0 Å². The number of rotatable bonds is 9. The molecule has 34 heavy (non-hydrogen) atoms. The molecule has 4 rings (SSSR count). The number of nitrogens with one attached hydrogen (secondary N) is 2. The molecule has 2 aromatic heterocycles. The van der Waals surface area contributed by atoms with Crippen LogP contribution in [0.1, 0.15) is 41.9 Å². The lowest BCUT2D eigenvalue weighted by atomic mass is 10.0. The van der Waals surface area contributed by atoms with Gasteiger partial charge in [-0.15, -0.1) is 0 Å². The van der Waals surface area contributed by atoms with E-state index in [0.29, 0.717) is 5.82 Å². The molecular weight excluding hydrogens is 446 g/mol. The maximum absolute atomic E-state index is 13.2. The van der Waals surface area contributed by atoms with Gasteiger partial charge in [0, 0.05) is 18.4 Å². The minimum absolute atomic E-state index is 0.0532. The predicted molar refractivity (Wildman–Crippen MR) is 134 cm³/mol. The van der Waals surface area contributed by atoms with Crippen LogP contribution in [0.15, 0.2) is 83.9 Å². The molecule has 1 unspecified atom stereocenters. The second kappa shape index (κ2) is 10.2. The van der Waals surface area contributed by atoms with Crippen molar-refractivity contribution in [1.82, 2.24) is 19.5 Å². The number of aromatic nitrogens is 3. The van der Waals surface area contributed by atoms with E-state index in [9.17, 15) is 8.42 Å². The smallest absolute Gasteiger partial charge is 0.244 e. The van der Waals surface area contributed by atoms with Crippen LogP contribution in [0.25, 0.3) is 5.69 Å². The van der Waals surface area contributed by atoms with Gasteiger partial charge in [0.2, 0.25) is 10.0 Å². The third kappa shape index (κ3) is 5.35. The fourth-order valence-corrected chi connectivity index (χ4v) is 5.07. The van der Waals surface area contributed by atoms with Crippen molar-refractivity contribution in [2.24, 2.45) is 0 Å². The van der Waals surface area contributed by atoms with Gasteiger partial charge in [-0.05, 0) is 61.7 Å².